The third kappa shape index (κ3) is 1.69. The third-order valence-corrected chi connectivity index (χ3v) is 5.84. The highest BCUT2D eigenvalue weighted by Gasteiger charge is 2.27. The molecule has 0 nitrogen and oxygen atoms in total. The summed E-state index contributed by atoms with van der Waals surface area (Å²) in [5.41, 5.74) is 0. The highest BCUT2D eigenvalue weighted by molar-refractivity contribution is 8.34. The van der Waals surface area contributed by atoms with Crippen molar-refractivity contribution in [2.45, 2.75) is 9.16 Å². The van der Waals surface area contributed by atoms with Crippen LogP contribution in [0.3, 0.4) is 0 Å². The molecular weight excluding hydrogens is 176 g/mol. The fourth-order valence-electron chi connectivity index (χ4n) is 0.521. The maximum absolute atomic E-state index is 4.16. The van der Waals surface area contributed by atoms with Crippen LogP contribution in [-0.4, -0.2) is 20.7 Å². The van der Waals surface area contributed by atoms with Crippen molar-refractivity contribution < 1.29 is 0 Å². The highest BCUT2D eigenvalue weighted by atomic mass is 32.3. The quantitative estimate of drug-likeness (QED) is 0.630. The number of thioether (sulfide) groups is 2. The molecule has 1 aliphatic heterocycles. The molecule has 4 heteroatoms. The van der Waals surface area contributed by atoms with Crippen LogP contribution in [0.2, 0.25) is 0 Å². The van der Waals surface area contributed by atoms with Crippen LogP contribution in [0, 0.1) is 0 Å². The van der Waals surface area contributed by atoms with E-state index >= 15 is 0 Å². The van der Waals surface area contributed by atoms with Gasteiger partial charge in [0.15, 0.2) is 0 Å². The zero-order valence-electron chi connectivity index (χ0n) is 4.28. The first-order valence-corrected chi connectivity index (χ1v) is 5.54. The Balaban J connectivity index is 2.03. The summed E-state index contributed by atoms with van der Waals surface area (Å²) in [6.45, 7) is 0. The second kappa shape index (κ2) is 3.54. The van der Waals surface area contributed by atoms with E-state index in [0.29, 0.717) is 0 Å². The van der Waals surface area contributed by atoms with Crippen LogP contribution < -0.4 is 0 Å². The molecule has 1 heterocycles. The summed E-state index contributed by atoms with van der Waals surface area (Å²) < 4.78 is 1.49. The second-order valence-corrected chi connectivity index (χ2v) is 5.64. The van der Waals surface area contributed by atoms with Gasteiger partial charge in [-0.25, -0.2) is 0 Å². The predicted octanol–water partition coefficient (Wildman–Crippen LogP) is 1.98. The van der Waals surface area contributed by atoms with E-state index in [2.05, 4.69) is 25.3 Å². The van der Waals surface area contributed by atoms with Gasteiger partial charge in [-0.1, -0.05) is 0 Å². The van der Waals surface area contributed by atoms with Gasteiger partial charge in [-0.2, -0.15) is 25.3 Å². The average Bonchev–Trinajstić information content (AvgIpc) is 1.65. The van der Waals surface area contributed by atoms with Crippen molar-refractivity contribution in [1.82, 2.24) is 0 Å². The van der Waals surface area contributed by atoms with E-state index in [1.807, 2.05) is 23.5 Å². The molecule has 0 aromatic carbocycles. The lowest BCUT2D eigenvalue weighted by molar-refractivity contribution is 1.31. The van der Waals surface area contributed by atoms with E-state index in [-0.39, 0.29) is 0 Å². The molecule has 0 amide bonds. The van der Waals surface area contributed by atoms with Gasteiger partial charge in [-0.3, -0.25) is 0 Å². The first-order valence-electron chi connectivity index (χ1n) is 2.39. The lowest BCUT2D eigenvalue weighted by Gasteiger charge is -2.31. The van der Waals surface area contributed by atoms with Crippen molar-refractivity contribution in [3.63, 3.8) is 0 Å². The summed E-state index contributed by atoms with van der Waals surface area (Å²) >= 11 is 12.3. The van der Waals surface area contributed by atoms with E-state index < -0.39 is 0 Å². The maximum Gasteiger partial charge on any atom is 0.0613 e. The molecular formula is C4H8S4. The molecule has 0 aromatic rings. The van der Waals surface area contributed by atoms with Gasteiger partial charge < -0.3 is 0 Å². The molecule has 1 rings (SSSR count). The van der Waals surface area contributed by atoms with Gasteiger partial charge in [0, 0.05) is 11.5 Å². The minimum absolute atomic E-state index is 0.746. The lowest BCUT2D eigenvalue weighted by atomic mass is 10.9. The van der Waals surface area contributed by atoms with Crippen molar-refractivity contribution in [1.29, 1.82) is 0 Å². The molecule has 0 spiro atoms. The Bertz CT molecular complexity index is 60.4. The fraction of sp³-hybridized carbons (Fsp3) is 1.00. The molecule has 48 valence electrons. The lowest BCUT2D eigenvalue weighted by Crippen LogP contribution is -2.21. The largest absolute Gasteiger partial charge is 0.177 e. The summed E-state index contributed by atoms with van der Waals surface area (Å²) in [6.07, 6.45) is 0. The molecule has 1 saturated heterocycles. The predicted molar refractivity (Wildman–Crippen MR) is 50.5 cm³/mol. The standard InChI is InChI=1S/C4H8S4/c5-1-3-7-4(2-6)8-3/h3-6H,1-2H2. The van der Waals surface area contributed by atoms with Crippen molar-refractivity contribution in [3.05, 3.63) is 0 Å². The summed E-state index contributed by atoms with van der Waals surface area (Å²) in [4.78, 5) is 0. The number of thiol groups is 2. The number of hydrogen-bond donors (Lipinski definition) is 2. The minimum atomic E-state index is 0.746. The zero-order chi connectivity index (χ0) is 5.98. The summed E-state index contributed by atoms with van der Waals surface area (Å²) in [5.74, 6) is 2.00. The van der Waals surface area contributed by atoms with Crippen molar-refractivity contribution in [2.24, 2.45) is 0 Å². The van der Waals surface area contributed by atoms with E-state index in [1.165, 1.54) is 0 Å². The van der Waals surface area contributed by atoms with E-state index in [4.69, 9.17) is 0 Å². The Hall–Kier alpha value is 1.40. The van der Waals surface area contributed by atoms with Crippen LogP contribution >= 0.6 is 48.8 Å². The molecule has 0 radical (unpaired) electrons. The van der Waals surface area contributed by atoms with Crippen LogP contribution in [0.5, 0.6) is 0 Å². The van der Waals surface area contributed by atoms with Gasteiger partial charge in [0.2, 0.25) is 0 Å². The fourth-order valence-corrected chi connectivity index (χ4v) is 3.87. The van der Waals surface area contributed by atoms with E-state index in [1.54, 1.807) is 0 Å². The van der Waals surface area contributed by atoms with Gasteiger partial charge in [0.05, 0.1) is 9.16 Å². The van der Waals surface area contributed by atoms with Crippen molar-refractivity contribution in [2.75, 3.05) is 11.5 Å². The second-order valence-electron chi connectivity index (χ2n) is 1.50. The molecule has 1 aliphatic rings. The molecule has 0 unspecified atom stereocenters. The molecule has 8 heavy (non-hydrogen) atoms. The topological polar surface area (TPSA) is 0 Å². The first kappa shape index (κ1) is 7.51. The Morgan fingerprint density at radius 2 is 1.38 bits per heavy atom. The third-order valence-electron chi connectivity index (χ3n) is 0.905. The van der Waals surface area contributed by atoms with Crippen LogP contribution in [0.25, 0.3) is 0 Å². The van der Waals surface area contributed by atoms with Gasteiger partial charge >= 0.3 is 0 Å². The molecule has 1 fully saturated rings. The zero-order valence-corrected chi connectivity index (χ0v) is 7.70. The Labute approximate surface area is 69.4 Å². The van der Waals surface area contributed by atoms with Gasteiger partial charge in [-0.05, 0) is 0 Å². The van der Waals surface area contributed by atoms with E-state index in [9.17, 15) is 0 Å². The summed E-state index contributed by atoms with van der Waals surface area (Å²) in [6, 6.07) is 0. The monoisotopic (exact) mass is 184 g/mol. The molecule has 0 aliphatic carbocycles. The maximum atomic E-state index is 4.16. The molecule has 0 aromatic heterocycles. The minimum Gasteiger partial charge on any atom is -0.177 e. The summed E-state index contributed by atoms with van der Waals surface area (Å²) in [5, 5.41) is 0. The summed E-state index contributed by atoms with van der Waals surface area (Å²) in [7, 11) is 0. The number of hydrogen-bond acceptors (Lipinski definition) is 4. The Morgan fingerprint density at radius 1 is 1.00 bits per heavy atom. The number of rotatable bonds is 2. The van der Waals surface area contributed by atoms with Crippen LogP contribution in [0.4, 0.5) is 0 Å². The van der Waals surface area contributed by atoms with Crippen molar-refractivity contribution in [3.8, 4) is 0 Å². The van der Waals surface area contributed by atoms with E-state index in [0.717, 1.165) is 20.7 Å². The van der Waals surface area contributed by atoms with Gasteiger partial charge in [0.1, 0.15) is 0 Å². The normalized spacial score (nSPS) is 36.8. The Morgan fingerprint density at radius 3 is 1.62 bits per heavy atom. The first-order chi connectivity index (χ1) is 3.86. The van der Waals surface area contributed by atoms with Crippen LogP contribution in [-0.2, 0) is 0 Å². The Kier molecular flexibility index (Phi) is 3.32. The molecule has 0 saturated carbocycles. The van der Waals surface area contributed by atoms with Gasteiger partial charge in [0.25, 0.3) is 0 Å². The highest BCUT2D eigenvalue weighted by Crippen LogP contribution is 2.47. The van der Waals surface area contributed by atoms with Crippen LogP contribution in [0.1, 0.15) is 0 Å². The van der Waals surface area contributed by atoms with Gasteiger partial charge in [-0.15, -0.1) is 23.5 Å². The molecule has 0 bridgehead atoms. The SMILES string of the molecule is SCC1SC(CS)S1. The molecule has 0 N–H and O–H groups in total. The smallest absolute Gasteiger partial charge is 0.0613 e. The average molecular weight is 184 g/mol. The van der Waals surface area contributed by atoms with Crippen LogP contribution in [0.15, 0.2) is 0 Å². The molecule has 0 atom stereocenters. The van der Waals surface area contributed by atoms with Crippen molar-refractivity contribution >= 4 is 48.8 Å².